The zero-order valence-corrected chi connectivity index (χ0v) is 35.5. The van der Waals surface area contributed by atoms with Gasteiger partial charge in [0.25, 0.3) is 5.91 Å². The Morgan fingerprint density at radius 3 is 1.90 bits per heavy atom. The number of amides is 2. The molecule has 0 unspecified atom stereocenters. The SMILES string of the molecule is COC(=O)[C@@]1(Sc2ccc(C)cc2)C[C@H](OC(C)=O)[C@@H](NC(=O)COC(C)=O)[C@H]([C@H](OC(C)=O)[C@@H](CNC(=O)Cc2ccc(-c3ccc(OC(C)=O)cc3)cc2)OC(C)=O)O1. The Labute approximate surface area is 356 Å². The van der Waals surface area contributed by atoms with Gasteiger partial charge in [0.05, 0.1) is 26.1 Å². The summed E-state index contributed by atoms with van der Waals surface area (Å²) in [6.45, 7) is 6.27. The van der Waals surface area contributed by atoms with Gasteiger partial charge in [-0.15, -0.1) is 0 Å². The van der Waals surface area contributed by atoms with Crippen LogP contribution in [0.1, 0.15) is 52.2 Å². The molecule has 2 N–H and O–H groups in total. The fourth-order valence-corrected chi connectivity index (χ4v) is 7.67. The number of carbonyl (C=O) groups excluding carboxylic acids is 8. The van der Waals surface area contributed by atoms with Gasteiger partial charge in [-0.25, -0.2) is 4.79 Å². The molecule has 0 radical (unpaired) electrons. The van der Waals surface area contributed by atoms with Crippen molar-refractivity contribution in [1.29, 1.82) is 0 Å². The minimum atomic E-state index is -2.04. The molecule has 0 aliphatic carbocycles. The number of ether oxygens (including phenoxy) is 7. The number of aryl methyl sites for hydroxylation is 1. The second kappa shape index (κ2) is 21.8. The fraction of sp³-hybridized carbons (Fsp3) is 0.395. The number of carbonyl (C=O) groups is 8. The predicted molar refractivity (Wildman–Crippen MR) is 216 cm³/mol. The number of hydrogen-bond donors (Lipinski definition) is 2. The first kappa shape index (κ1) is 47.4. The van der Waals surface area contributed by atoms with Crippen LogP contribution in [-0.4, -0.2) is 103 Å². The second-order valence-corrected chi connectivity index (χ2v) is 15.3. The summed E-state index contributed by atoms with van der Waals surface area (Å²) in [6.07, 6.45) is -6.83. The van der Waals surface area contributed by atoms with Crippen LogP contribution in [0.4, 0.5) is 0 Å². The third kappa shape index (κ3) is 14.2. The van der Waals surface area contributed by atoms with E-state index in [4.69, 9.17) is 33.2 Å². The highest BCUT2D eigenvalue weighted by molar-refractivity contribution is 8.01. The quantitative estimate of drug-likeness (QED) is 0.112. The standard InChI is InChI=1S/C43H48N2O15S/c1-24-8-18-34(19-9-24)61-43(42(53)54-7)21-35(57-27(4)48)39(45-38(52)23-55-25(2)46)41(60-43)40(59-29(6)50)36(58-28(5)49)22-44-37(51)20-30-10-12-31(13-11-30)32-14-16-33(17-15-32)56-26(3)47/h8-19,35-36,39-41H,20-23H2,1-7H3,(H,44,51)(H,45,52)/t35-,36+,39+,40+,41+,43-/m0/s1. The zero-order chi connectivity index (χ0) is 44.9. The van der Waals surface area contributed by atoms with Gasteiger partial charge in [0.1, 0.15) is 18.0 Å². The average molecular weight is 865 g/mol. The monoisotopic (exact) mass is 864 g/mol. The van der Waals surface area contributed by atoms with Crippen LogP contribution in [0.5, 0.6) is 5.75 Å². The predicted octanol–water partition coefficient (Wildman–Crippen LogP) is 3.54. The summed E-state index contributed by atoms with van der Waals surface area (Å²) in [5.41, 5.74) is 3.19. The third-order valence-electron chi connectivity index (χ3n) is 8.98. The molecule has 61 heavy (non-hydrogen) atoms. The Balaban J connectivity index is 1.69. The van der Waals surface area contributed by atoms with Crippen molar-refractivity contribution in [2.45, 2.75) is 94.7 Å². The van der Waals surface area contributed by atoms with E-state index < -0.39 is 103 Å². The third-order valence-corrected chi connectivity index (χ3v) is 10.2. The molecule has 1 heterocycles. The Morgan fingerprint density at radius 2 is 1.36 bits per heavy atom. The van der Waals surface area contributed by atoms with Crippen molar-refractivity contribution in [2.24, 2.45) is 0 Å². The van der Waals surface area contributed by atoms with E-state index >= 15 is 0 Å². The number of benzene rings is 3. The lowest BCUT2D eigenvalue weighted by atomic mass is 9.89. The minimum Gasteiger partial charge on any atom is -0.466 e. The molecular weight excluding hydrogens is 817 g/mol. The van der Waals surface area contributed by atoms with E-state index in [9.17, 15) is 38.4 Å². The van der Waals surface area contributed by atoms with Crippen LogP contribution in [0, 0.1) is 6.92 Å². The largest absolute Gasteiger partial charge is 0.466 e. The molecular formula is C43H48N2O15S. The first-order valence-corrected chi connectivity index (χ1v) is 19.8. The summed E-state index contributed by atoms with van der Waals surface area (Å²) >= 11 is 0.901. The van der Waals surface area contributed by atoms with Gasteiger partial charge in [-0.3, -0.25) is 33.6 Å². The van der Waals surface area contributed by atoms with Crippen molar-refractivity contribution in [3.05, 3.63) is 83.9 Å². The number of thioether (sulfide) groups is 1. The average Bonchev–Trinajstić information content (AvgIpc) is 3.19. The Morgan fingerprint density at radius 1 is 0.754 bits per heavy atom. The minimum absolute atomic E-state index is 0.126. The molecule has 1 fully saturated rings. The van der Waals surface area contributed by atoms with Crippen LogP contribution in [0.25, 0.3) is 11.1 Å². The molecule has 0 spiro atoms. The van der Waals surface area contributed by atoms with E-state index in [1.54, 1.807) is 72.8 Å². The lowest BCUT2D eigenvalue weighted by Crippen LogP contribution is -2.68. The maximum atomic E-state index is 13.9. The van der Waals surface area contributed by atoms with Crippen molar-refractivity contribution in [3.63, 3.8) is 0 Å². The van der Waals surface area contributed by atoms with Crippen molar-refractivity contribution in [3.8, 4) is 16.9 Å². The van der Waals surface area contributed by atoms with Gasteiger partial charge in [0.15, 0.2) is 18.8 Å². The number of rotatable bonds is 17. The Kier molecular flexibility index (Phi) is 17.0. The fourth-order valence-electron chi connectivity index (χ4n) is 6.45. The van der Waals surface area contributed by atoms with Crippen LogP contribution in [0.15, 0.2) is 77.7 Å². The van der Waals surface area contributed by atoms with Gasteiger partial charge in [0.2, 0.25) is 10.8 Å². The molecule has 6 atom stereocenters. The molecule has 0 bridgehead atoms. The van der Waals surface area contributed by atoms with E-state index in [1.807, 2.05) is 6.92 Å². The second-order valence-electron chi connectivity index (χ2n) is 14.0. The highest BCUT2D eigenvalue weighted by Gasteiger charge is 2.59. The molecule has 3 aromatic rings. The van der Waals surface area contributed by atoms with E-state index in [0.29, 0.717) is 16.2 Å². The molecule has 1 aliphatic heterocycles. The highest BCUT2D eigenvalue weighted by atomic mass is 32.2. The van der Waals surface area contributed by atoms with Gasteiger partial charge < -0.3 is 43.8 Å². The molecule has 326 valence electrons. The normalized spacial score (nSPS) is 19.2. The van der Waals surface area contributed by atoms with Gasteiger partial charge in [-0.2, -0.15) is 0 Å². The first-order chi connectivity index (χ1) is 28.9. The molecule has 4 rings (SSSR count). The van der Waals surface area contributed by atoms with Crippen LogP contribution >= 0.6 is 11.8 Å². The maximum absolute atomic E-state index is 13.9. The lowest BCUT2D eigenvalue weighted by Gasteiger charge is -2.48. The summed E-state index contributed by atoms with van der Waals surface area (Å²) in [5, 5.41) is 5.31. The zero-order valence-electron chi connectivity index (χ0n) is 34.7. The van der Waals surface area contributed by atoms with Gasteiger partial charge in [-0.1, -0.05) is 65.9 Å². The molecule has 18 heteroatoms. The maximum Gasteiger partial charge on any atom is 0.349 e. The molecule has 1 aliphatic rings. The summed E-state index contributed by atoms with van der Waals surface area (Å²) in [4.78, 5) is 99.9. The van der Waals surface area contributed by atoms with Crippen molar-refractivity contribution >= 4 is 59.4 Å². The molecule has 1 saturated heterocycles. The van der Waals surface area contributed by atoms with Crippen molar-refractivity contribution < 1.29 is 71.5 Å². The van der Waals surface area contributed by atoms with E-state index in [-0.39, 0.29) is 6.42 Å². The molecule has 2 amide bonds. The van der Waals surface area contributed by atoms with Crippen molar-refractivity contribution in [2.75, 3.05) is 20.3 Å². The molecule has 0 aromatic heterocycles. The summed E-state index contributed by atoms with van der Waals surface area (Å²) in [5.74, 6) is -5.74. The van der Waals surface area contributed by atoms with Gasteiger partial charge in [-0.05, 0) is 47.9 Å². The smallest absolute Gasteiger partial charge is 0.349 e. The van der Waals surface area contributed by atoms with E-state index in [1.165, 1.54) is 6.92 Å². The summed E-state index contributed by atoms with van der Waals surface area (Å²) in [6, 6.07) is 19.5. The van der Waals surface area contributed by atoms with Crippen LogP contribution in [-0.2, 0) is 73.2 Å². The number of esters is 6. The van der Waals surface area contributed by atoms with Crippen LogP contribution < -0.4 is 15.4 Å². The van der Waals surface area contributed by atoms with Crippen LogP contribution in [0.2, 0.25) is 0 Å². The van der Waals surface area contributed by atoms with Crippen molar-refractivity contribution in [1.82, 2.24) is 10.6 Å². The Hall–Kier alpha value is -6.27. The van der Waals surface area contributed by atoms with Crippen LogP contribution in [0.3, 0.4) is 0 Å². The summed E-state index contributed by atoms with van der Waals surface area (Å²) < 4.78 is 38.9. The Bertz CT molecular complexity index is 2070. The first-order valence-electron chi connectivity index (χ1n) is 19.0. The van der Waals surface area contributed by atoms with E-state index in [0.717, 1.165) is 63.3 Å². The summed E-state index contributed by atoms with van der Waals surface area (Å²) in [7, 11) is 1.12. The molecule has 3 aromatic carbocycles. The van der Waals surface area contributed by atoms with Gasteiger partial charge in [0, 0.05) is 45.9 Å². The number of nitrogens with one attached hydrogen (secondary N) is 2. The highest BCUT2D eigenvalue weighted by Crippen LogP contribution is 2.46. The number of methoxy groups -OCH3 is 1. The lowest BCUT2D eigenvalue weighted by molar-refractivity contribution is -0.221. The molecule has 17 nitrogen and oxygen atoms in total. The topological polar surface area (TPSA) is 225 Å². The van der Waals surface area contributed by atoms with E-state index in [2.05, 4.69) is 10.6 Å². The van der Waals surface area contributed by atoms with Gasteiger partial charge >= 0.3 is 35.8 Å². The number of hydrogen-bond acceptors (Lipinski definition) is 16. The molecule has 0 saturated carbocycles.